The lowest BCUT2D eigenvalue weighted by Gasteiger charge is -2.14. The van der Waals surface area contributed by atoms with Gasteiger partial charge in [-0.25, -0.2) is 0 Å². The number of ketones is 1. The van der Waals surface area contributed by atoms with Crippen molar-refractivity contribution in [1.82, 2.24) is 0 Å². The van der Waals surface area contributed by atoms with E-state index in [4.69, 9.17) is 4.84 Å². The molecule has 2 atom stereocenters. The number of fused-ring (bicyclic) bond motifs is 1. The number of allylic oxidation sites excluding steroid dienone is 1. The smallest absolute Gasteiger partial charge is 0.168 e. The minimum atomic E-state index is -0.245. The Morgan fingerprint density at radius 2 is 1.83 bits per heavy atom. The molecule has 92 valence electrons. The van der Waals surface area contributed by atoms with Gasteiger partial charge in [0, 0.05) is 5.56 Å². The maximum Gasteiger partial charge on any atom is 0.168 e. The lowest BCUT2D eigenvalue weighted by Crippen LogP contribution is -2.26. The summed E-state index contributed by atoms with van der Waals surface area (Å²) in [7, 11) is 0. The minimum absolute atomic E-state index is 0.0932. The van der Waals surface area contributed by atoms with E-state index in [0.717, 1.165) is 22.4 Å². The highest BCUT2D eigenvalue weighted by molar-refractivity contribution is 6.20. The topological polar surface area (TPSA) is 38.7 Å². The van der Waals surface area contributed by atoms with Crippen LogP contribution in [0.4, 0.5) is 0 Å². The second kappa shape index (κ2) is 3.80. The van der Waals surface area contributed by atoms with Gasteiger partial charge in [0.2, 0.25) is 0 Å². The highest BCUT2D eigenvalue weighted by atomic mass is 16.6. The third kappa shape index (κ3) is 1.50. The predicted molar refractivity (Wildman–Crippen MR) is 69.7 cm³/mol. The van der Waals surface area contributed by atoms with Crippen molar-refractivity contribution in [3.05, 3.63) is 46.5 Å². The van der Waals surface area contributed by atoms with E-state index in [1.165, 1.54) is 5.56 Å². The zero-order valence-electron chi connectivity index (χ0n) is 10.7. The summed E-state index contributed by atoms with van der Waals surface area (Å²) in [6.07, 6.45) is 3.19. The van der Waals surface area contributed by atoms with Crippen LogP contribution in [-0.4, -0.2) is 17.6 Å². The molecule has 0 radical (unpaired) electrons. The Labute approximate surface area is 106 Å². The number of nitrogens with zero attached hydrogens (tertiary/aromatic N) is 1. The summed E-state index contributed by atoms with van der Waals surface area (Å²) in [5.74, 6) is -0.152. The van der Waals surface area contributed by atoms with Gasteiger partial charge in [0.15, 0.2) is 11.9 Å². The summed E-state index contributed by atoms with van der Waals surface area (Å²) < 4.78 is 0. The van der Waals surface area contributed by atoms with Gasteiger partial charge >= 0.3 is 0 Å². The number of hydrogen-bond donors (Lipinski definition) is 0. The van der Waals surface area contributed by atoms with Crippen molar-refractivity contribution in [2.75, 3.05) is 0 Å². The molecule has 0 bridgehead atoms. The predicted octanol–water partition coefficient (Wildman–Crippen LogP) is 2.47. The maximum atomic E-state index is 11.9. The molecular formula is C15H15NO2. The molecule has 0 aromatic heterocycles. The molecule has 0 saturated carbocycles. The van der Waals surface area contributed by atoms with Crippen LogP contribution in [0, 0.1) is 26.7 Å². The molecule has 1 aromatic rings. The van der Waals surface area contributed by atoms with Gasteiger partial charge in [-0.1, -0.05) is 22.9 Å². The second-order valence-corrected chi connectivity index (χ2v) is 5.06. The van der Waals surface area contributed by atoms with E-state index in [1.807, 2.05) is 0 Å². The first-order valence-corrected chi connectivity index (χ1v) is 6.12. The SMILES string of the molecule is Cc1cc(C)c(C2=NO[C@@H]3C=CC(=O)[C@H]23)c(C)c1. The van der Waals surface area contributed by atoms with Crippen LogP contribution in [0.2, 0.25) is 0 Å². The molecule has 0 unspecified atom stereocenters. The fourth-order valence-electron chi connectivity index (χ4n) is 2.91. The maximum absolute atomic E-state index is 11.9. The third-order valence-electron chi connectivity index (χ3n) is 3.59. The first-order chi connectivity index (χ1) is 8.58. The van der Waals surface area contributed by atoms with E-state index in [0.29, 0.717) is 0 Å². The molecule has 2 aliphatic rings. The summed E-state index contributed by atoms with van der Waals surface area (Å²) in [6.45, 7) is 6.18. The van der Waals surface area contributed by atoms with Crippen molar-refractivity contribution in [1.29, 1.82) is 0 Å². The van der Waals surface area contributed by atoms with Gasteiger partial charge in [-0.05, 0) is 44.1 Å². The summed E-state index contributed by atoms with van der Waals surface area (Å²) in [6, 6.07) is 4.23. The molecule has 18 heavy (non-hydrogen) atoms. The molecule has 3 heteroatoms. The van der Waals surface area contributed by atoms with Crippen molar-refractivity contribution in [2.45, 2.75) is 26.9 Å². The Balaban J connectivity index is 2.09. The molecule has 1 aliphatic carbocycles. The quantitative estimate of drug-likeness (QED) is 0.757. The van der Waals surface area contributed by atoms with Gasteiger partial charge in [-0.15, -0.1) is 0 Å². The van der Waals surface area contributed by atoms with E-state index in [-0.39, 0.29) is 17.8 Å². The van der Waals surface area contributed by atoms with Gasteiger partial charge in [0.1, 0.15) is 11.6 Å². The number of carbonyl (C=O) groups is 1. The molecule has 0 amide bonds. The lowest BCUT2D eigenvalue weighted by atomic mass is 9.87. The van der Waals surface area contributed by atoms with Gasteiger partial charge < -0.3 is 4.84 Å². The van der Waals surface area contributed by atoms with E-state index < -0.39 is 0 Å². The van der Waals surface area contributed by atoms with Crippen LogP contribution in [0.3, 0.4) is 0 Å². The number of rotatable bonds is 1. The summed E-state index contributed by atoms with van der Waals surface area (Å²) in [5, 5.41) is 4.14. The molecule has 0 N–H and O–H groups in total. The number of benzene rings is 1. The monoisotopic (exact) mass is 241 g/mol. The lowest BCUT2D eigenvalue weighted by molar-refractivity contribution is -0.116. The Kier molecular flexibility index (Phi) is 2.37. The highest BCUT2D eigenvalue weighted by Gasteiger charge is 2.42. The molecular weight excluding hydrogens is 226 g/mol. The number of carbonyl (C=O) groups excluding carboxylic acids is 1. The molecule has 0 fully saturated rings. The van der Waals surface area contributed by atoms with E-state index in [2.05, 4.69) is 38.1 Å². The molecule has 3 rings (SSSR count). The molecule has 1 heterocycles. The first kappa shape index (κ1) is 11.2. The van der Waals surface area contributed by atoms with Gasteiger partial charge in [0.05, 0.1) is 0 Å². The van der Waals surface area contributed by atoms with Crippen molar-refractivity contribution >= 4 is 11.5 Å². The van der Waals surface area contributed by atoms with E-state index in [1.54, 1.807) is 12.2 Å². The van der Waals surface area contributed by atoms with Crippen molar-refractivity contribution < 1.29 is 9.63 Å². The first-order valence-electron chi connectivity index (χ1n) is 6.12. The fraction of sp³-hybridized carbons (Fsp3) is 0.333. The van der Waals surface area contributed by atoms with Crippen LogP contribution in [0.15, 0.2) is 29.4 Å². The second-order valence-electron chi connectivity index (χ2n) is 5.06. The van der Waals surface area contributed by atoms with Gasteiger partial charge in [-0.2, -0.15) is 0 Å². The fourth-order valence-corrected chi connectivity index (χ4v) is 2.91. The highest BCUT2D eigenvalue weighted by Crippen LogP contribution is 2.32. The normalized spacial score (nSPS) is 25.1. The Bertz CT molecular complexity index is 576. The zero-order valence-corrected chi connectivity index (χ0v) is 10.7. The van der Waals surface area contributed by atoms with Crippen LogP contribution in [0.5, 0.6) is 0 Å². The van der Waals surface area contributed by atoms with Crippen molar-refractivity contribution in [3.8, 4) is 0 Å². The third-order valence-corrected chi connectivity index (χ3v) is 3.59. The van der Waals surface area contributed by atoms with E-state index in [9.17, 15) is 4.79 Å². The Morgan fingerprint density at radius 1 is 1.17 bits per heavy atom. The van der Waals surface area contributed by atoms with Gasteiger partial charge in [-0.3, -0.25) is 4.79 Å². The number of aryl methyl sites for hydroxylation is 3. The van der Waals surface area contributed by atoms with Crippen LogP contribution < -0.4 is 0 Å². The molecule has 3 nitrogen and oxygen atoms in total. The molecule has 1 aliphatic heterocycles. The number of oxime groups is 1. The Morgan fingerprint density at radius 3 is 2.50 bits per heavy atom. The minimum Gasteiger partial charge on any atom is -0.387 e. The molecule has 1 aromatic carbocycles. The van der Waals surface area contributed by atoms with Crippen LogP contribution in [-0.2, 0) is 9.63 Å². The summed E-state index contributed by atoms with van der Waals surface area (Å²) in [4.78, 5) is 17.2. The average molecular weight is 241 g/mol. The standard InChI is InChI=1S/C15H15NO2/c1-8-6-9(2)13(10(3)7-8)15-14-11(17)4-5-12(14)18-16-15/h4-7,12,14H,1-3H3/t12-,14+/m1/s1. The molecule has 0 saturated heterocycles. The summed E-state index contributed by atoms with van der Waals surface area (Å²) in [5.41, 5.74) is 5.36. The number of hydrogen-bond acceptors (Lipinski definition) is 3. The van der Waals surface area contributed by atoms with Crippen LogP contribution in [0.25, 0.3) is 0 Å². The van der Waals surface area contributed by atoms with Gasteiger partial charge in [0.25, 0.3) is 0 Å². The average Bonchev–Trinajstić information content (AvgIpc) is 2.82. The van der Waals surface area contributed by atoms with E-state index >= 15 is 0 Å². The summed E-state index contributed by atoms with van der Waals surface area (Å²) >= 11 is 0. The zero-order chi connectivity index (χ0) is 12.9. The van der Waals surface area contributed by atoms with Crippen LogP contribution >= 0.6 is 0 Å². The molecule has 0 spiro atoms. The van der Waals surface area contributed by atoms with Crippen LogP contribution in [0.1, 0.15) is 22.3 Å². The van der Waals surface area contributed by atoms with Crippen molar-refractivity contribution in [2.24, 2.45) is 11.1 Å². The van der Waals surface area contributed by atoms with Crippen molar-refractivity contribution in [3.63, 3.8) is 0 Å². The Hall–Kier alpha value is -1.90. The largest absolute Gasteiger partial charge is 0.387 e.